The van der Waals surface area contributed by atoms with Gasteiger partial charge in [0.25, 0.3) is 11.5 Å². The standard InChI is InChI=1S/C11H14N2O3/c1-7-2-3-9(10(15)12-7)11(16)13-5-4-8(14)6-13/h2-3,8,14H,4-6H2,1H3,(H,12,15). The highest BCUT2D eigenvalue weighted by Gasteiger charge is 2.26. The molecule has 1 saturated heterocycles. The molecule has 16 heavy (non-hydrogen) atoms. The minimum Gasteiger partial charge on any atom is -0.391 e. The second-order valence-electron chi connectivity index (χ2n) is 4.08. The SMILES string of the molecule is Cc1ccc(C(=O)N2CCC(O)C2)c(=O)[nH]1. The molecule has 1 atom stereocenters. The first-order valence-corrected chi connectivity index (χ1v) is 5.25. The number of aliphatic hydroxyl groups excluding tert-OH is 1. The Bertz CT molecular complexity index is 467. The molecule has 86 valence electrons. The van der Waals surface area contributed by atoms with Gasteiger partial charge < -0.3 is 15.0 Å². The number of nitrogens with one attached hydrogen (secondary N) is 1. The molecular formula is C11H14N2O3. The molecule has 2 rings (SSSR count). The fraction of sp³-hybridized carbons (Fsp3) is 0.455. The second kappa shape index (κ2) is 4.09. The summed E-state index contributed by atoms with van der Waals surface area (Å²) in [4.78, 5) is 27.6. The lowest BCUT2D eigenvalue weighted by atomic mass is 10.2. The van der Waals surface area contributed by atoms with Gasteiger partial charge in [0.15, 0.2) is 0 Å². The van der Waals surface area contributed by atoms with Crippen molar-refractivity contribution in [1.29, 1.82) is 0 Å². The number of aromatic amines is 1. The number of rotatable bonds is 1. The van der Waals surface area contributed by atoms with E-state index in [0.717, 1.165) is 5.69 Å². The van der Waals surface area contributed by atoms with Crippen LogP contribution in [0.25, 0.3) is 0 Å². The minimum absolute atomic E-state index is 0.139. The number of β-amino-alcohol motifs (C(OH)–C–C–N with tert-alkyl or cyclic N) is 1. The van der Waals surface area contributed by atoms with Crippen LogP contribution in [-0.4, -0.2) is 40.1 Å². The molecule has 0 aliphatic carbocycles. The first kappa shape index (κ1) is 10.9. The van der Waals surface area contributed by atoms with Crippen LogP contribution in [0.4, 0.5) is 0 Å². The van der Waals surface area contributed by atoms with Gasteiger partial charge >= 0.3 is 0 Å². The number of H-pyrrole nitrogens is 1. The summed E-state index contributed by atoms with van der Waals surface area (Å²) in [5.41, 5.74) is 0.495. The van der Waals surface area contributed by atoms with Crippen LogP contribution in [0.5, 0.6) is 0 Å². The van der Waals surface area contributed by atoms with Crippen LogP contribution in [0.2, 0.25) is 0 Å². The van der Waals surface area contributed by atoms with E-state index >= 15 is 0 Å². The van der Waals surface area contributed by atoms with E-state index in [9.17, 15) is 14.7 Å². The summed E-state index contributed by atoms with van der Waals surface area (Å²) in [5.74, 6) is -0.308. The lowest BCUT2D eigenvalue weighted by molar-refractivity contribution is 0.0763. The highest BCUT2D eigenvalue weighted by Crippen LogP contribution is 2.11. The zero-order valence-corrected chi connectivity index (χ0v) is 9.06. The molecule has 1 aliphatic rings. The van der Waals surface area contributed by atoms with Crippen LogP contribution in [0.1, 0.15) is 22.5 Å². The Morgan fingerprint density at radius 1 is 1.56 bits per heavy atom. The van der Waals surface area contributed by atoms with Gasteiger partial charge in [-0.25, -0.2) is 0 Å². The molecular weight excluding hydrogens is 208 g/mol. The van der Waals surface area contributed by atoms with Crippen molar-refractivity contribution in [3.8, 4) is 0 Å². The number of pyridine rings is 1. The van der Waals surface area contributed by atoms with Crippen molar-refractivity contribution in [2.45, 2.75) is 19.4 Å². The summed E-state index contributed by atoms with van der Waals surface area (Å²) < 4.78 is 0. The van der Waals surface area contributed by atoms with Crippen LogP contribution < -0.4 is 5.56 Å². The number of likely N-dealkylation sites (tertiary alicyclic amines) is 1. The molecule has 0 bridgehead atoms. The fourth-order valence-corrected chi connectivity index (χ4v) is 1.84. The number of hydrogen-bond donors (Lipinski definition) is 2. The smallest absolute Gasteiger partial charge is 0.260 e. The van der Waals surface area contributed by atoms with Crippen molar-refractivity contribution < 1.29 is 9.90 Å². The van der Waals surface area contributed by atoms with Gasteiger partial charge in [-0.2, -0.15) is 0 Å². The molecule has 1 amide bonds. The highest BCUT2D eigenvalue weighted by atomic mass is 16.3. The summed E-state index contributed by atoms with van der Waals surface area (Å²) in [6, 6.07) is 3.22. The molecule has 0 radical (unpaired) electrons. The highest BCUT2D eigenvalue weighted by molar-refractivity contribution is 5.94. The van der Waals surface area contributed by atoms with Gasteiger partial charge in [-0.15, -0.1) is 0 Å². The van der Waals surface area contributed by atoms with Gasteiger partial charge in [-0.05, 0) is 25.5 Å². The quantitative estimate of drug-likeness (QED) is 0.696. The summed E-state index contributed by atoms with van der Waals surface area (Å²) >= 11 is 0. The maximum Gasteiger partial charge on any atom is 0.260 e. The average molecular weight is 222 g/mol. The monoisotopic (exact) mass is 222 g/mol. The van der Waals surface area contributed by atoms with Crippen molar-refractivity contribution in [3.05, 3.63) is 33.7 Å². The number of aryl methyl sites for hydroxylation is 1. The Balaban J connectivity index is 2.24. The molecule has 1 aromatic heterocycles. The zero-order valence-electron chi connectivity index (χ0n) is 9.06. The number of amides is 1. The van der Waals surface area contributed by atoms with E-state index in [1.165, 1.54) is 11.0 Å². The van der Waals surface area contributed by atoms with Crippen LogP contribution in [-0.2, 0) is 0 Å². The molecule has 2 N–H and O–H groups in total. The Morgan fingerprint density at radius 2 is 2.31 bits per heavy atom. The van der Waals surface area contributed by atoms with Crippen molar-refractivity contribution in [2.75, 3.05) is 13.1 Å². The Morgan fingerprint density at radius 3 is 2.88 bits per heavy atom. The van der Waals surface area contributed by atoms with Gasteiger partial charge in [0.05, 0.1) is 6.10 Å². The maximum atomic E-state index is 11.9. The maximum absolute atomic E-state index is 11.9. The number of carbonyl (C=O) groups is 1. The van der Waals surface area contributed by atoms with E-state index in [1.807, 2.05) is 0 Å². The Kier molecular flexibility index (Phi) is 2.78. The predicted molar refractivity (Wildman–Crippen MR) is 58.3 cm³/mol. The molecule has 0 aromatic carbocycles. The summed E-state index contributed by atoms with van der Waals surface area (Å²) in [6.07, 6.45) is 0.115. The van der Waals surface area contributed by atoms with Crippen LogP contribution in [0.15, 0.2) is 16.9 Å². The molecule has 1 aliphatic heterocycles. The molecule has 2 heterocycles. The van der Waals surface area contributed by atoms with Crippen molar-refractivity contribution in [1.82, 2.24) is 9.88 Å². The zero-order chi connectivity index (χ0) is 11.7. The normalized spacial score (nSPS) is 20.1. The van der Waals surface area contributed by atoms with Crippen LogP contribution >= 0.6 is 0 Å². The third kappa shape index (κ3) is 1.99. The Hall–Kier alpha value is -1.62. The molecule has 1 unspecified atom stereocenters. The van der Waals surface area contributed by atoms with Crippen molar-refractivity contribution >= 4 is 5.91 Å². The first-order valence-electron chi connectivity index (χ1n) is 5.25. The number of aliphatic hydroxyl groups is 1. The second-order valence-corrected chi connectivity index (χ2v) is 4.08. The molecule has 1 fully saturated rings. The third-order valence-electron chi connectivity index (χ3n) is 2.74. The summed E-state index contributed by atoms with van der Waals surface area (Å²) in [7, 11) is 0. The van der Waals surface area contributed by atoms with Gasteiger partial charge in [0, 0.05) is 18.8 Å². The van der Waals surface area contributed by atoms with Gasteiger partial charge in [0.1, 0.15) is 5.56 Å². The van der Waals surface area contributed by atoms with Crippen LogP contribution in [0, 0.1) is 6.92 Å². The van der Waals surface area contributed by atoms with Crippen molar-refractivity contribution in [3.63, 3.8) is 0 Å². The predicted octanol–water partition coefficient (Wildman–Crippen LogP) is -0.110. The van der Waals surface area contributed by atoms with Gasteiger partial charge in [0.2, 0.25) is 0 Å². The van der Waals surface area contributed by atoms with E-state index in [-0.39, 0.29) is 17.0 Å². The van der Waals surface area contributed by atoms with E-state index in [2.05, 4.69) is 4.98 Å². The van der Waals surface area contributed by atoms with Gasteiger partial charge in [-0.3, -0.25) is 9.59 Å². The number of carbonyl (C=O) groups excluding carboxylic acids is 1. The van der Waals surface area contributed by atoms with E-state index in [0.29, 0.717) is 19.5 Å². The lowest BCUT2D eigenvalue weighted by Gasteiger charge is -2.14. The number of hydrogen-bond acceptors (Lipinski definition) is 3. The summed E-state index contributed by atoms with van der Waals surface area (Å²) in [6.45, 7) is 2.58. The minimum atomic E-state index is -0.464. The Labute approximate surface area is 92.7 Å². The topological polar surface area (TPSA) is 73.4 Å². The lowest BCUT2D eigenvalue weighted by Crippen LogP contribution is -2.33. The van der Waals surface area contributed by atoms with Gasteiger partial charge in [-0.1, -0.05) is 0 Å². The van der Waals surface area contributed by atoms with E-state index < -0.39 is 6.10 Å². The molecule has 1 aromatic rings. The number of aromatic nitrogens is 1. The molecule has 0 saturated carbocycles. The molecule has 5 nitrogen and oxygen atoms in total. The van der Waals surface area contributed by atoms with E-state index in [1.54, 1.807) is 13.0 Å². The largest absolute Gasteiger partial charge is 0.391 e. The molecule has 5 heteroatoms. The first-order chi connectivity index (χ1) is 7.58. The summed E-state index contributed by atoms with van der Waals surface area (Å²) in [5, 5.41) is 9.33. The molecule has 0 spiro atoms. The average Bonchev–Trinajstić information content (AvgIpc) is 2.64. The fourth-order valence-electron chi connectivity index (χ4n) is 1.84. The van der Waals surface area contributed by atoms with Crippen LogP contribution in [0.3, 0.4) is 0 Å². The number of nitrogens with zero attached hydrogens (tertiary/aromatic N) is 1. The third-order valence-corrected chi connectivity index (χ3v) is 2.74. The van der Waals surface area contributed by atoms with E-state index in [4.69, 9.17) is 0 Å². The van der Waals surface area contributed by atoms with Crippen molar-refractivity contribution in [2.24, 2.45) is 0 Å².